The summed E-state index contributed by atoms with van der Waals surface area (Å²) in [4.78, 5) is 13.8. The fourth-order valence-corrected chi connectivity index (χ4v) is 1.53. The lowest BCUT2D eigenvalue weighted by Crippen LogP contribution is -2.43. The monoisotopic (exact) mass is 265 g/mol. The second-order valence-corrected chi connectivity index (χ2v) is 5.39. The van der Waals surface area contributed by atoms with Crippen LogP contribution in [0.5, 0.6) is 11.5 Å². The van der Waals surface area contributed by atoms with Crippen LogP contribution < -0.4 is 9.47 Å². The van der Waals surface area contributed by atoms with Crippen molar-refractivity contribution in [2.24, 2.45) is 0 Å². The van der Waals surface area contributed by atoms with Crippen LogP contribution in [0.1, 0.15) is 31.1 Å². The van der Waals surface area contributed by atoms with Gasteiger partial charge in [-0.2, -0.15) is 0 Å². The van der Waals surface area contributed by atoms with E-state index in [0.717, 1.165) is 0 Å². The van der Waals surface area contributed by atoms with E-state index in [0.29, 0.717) is 23.7 Å². The van der Waals surface area contributed by atoms with Crippen LogP contribution in [0.4, 0.5) is 0 Å². The fourth-order valence-electron chi connectivity index (χ4n) is 1.53. The van der Waals surface area contributed by atoms with E-state index in [2.05, 4.69) is 18.7 Å². The molecule has 0 N–H and O–H groups in total. The van der Waals surface area contributed by atoms with E-state index in [9.17, 15) is 4.79 Å². The minimum atomic E-state index is -0.114. The number of carbonyl (C=O) groups is 1. The maximum atomic E-state index is 11.7. The maximum absolute atomic E-state index is 11.7. The Morgan fingerprint density at radius 2 is 1.84 bits per heavy atom. The zero-order valence-electron chi connectivity index (χ0n) is 12.6. The number of hydrogen-bond acceptors (Lipinski definition) is 4. The molecule has 0 aliphatic heterocycles. The number of Topliss-reactive ketones (excluding diaryl/α,β-unsaturated/α-hetero) is 1. The second kappa shape index (κ2) is 6.06. The third-order valence-corrected chi connectivity index (χ3v) is 3.35. The van der Waals surface area contributed by atoms with Gasteiger partial charge in [-0.05, 0) is 47.0 Å². The summed E-state index contributed by atoms with van der Waals surface area (Å²) in [6.07, 6.45) is 0. The van der Waals surface area contributed by atoms with Crippen LogP contribution in [0.2, 0.25) is 0 Å². The number of hydrogen-bond donors (Lipinski definition) is 0. The fraction of sp³-hybridized carbons (Fsp3) is 0.533. The summed E-state index contributed by atoms with van der Waals surface area (Å²) in [6.45, 7) is 6.18. The lowest BCUT2D eigenvalue weighted by Gasteiger charge is -2.32. The van der Waals surface area contributed by atoms with E-state index in [1.165, 1.54) is 6.92 Å². The molecule has 0 atom stereocenters. The standard InChI is InChI=1S/C15H23NO3/c1-11(17)14-12(18-6)8-7-9-13(14)19-10-15(2,3)16(4)5/h7-9H,10H2,1-6H3. The van der Waals surface area contributed by atoms with Crippen LogP contribution in [0, 0.1) is 0 Å². The zero-order chi connectivity index (χ0) is 14.6. The Hall–Kier alpha value is -1.55. The van der Waals surface area contributed by atoms with Crippen molar-refractivity contribution in [3.05, 3.63) is 23.8 Å². The highest BCUT2D eigenvalue weighted by molar-refractivity contribution is 5.99. The molecule has 0 aliphatic carbocycles. The molecule has 0 saturated carbocycles. The van der Waals surface area contributed by atoms with Crippen molar-refractivity contribution in [2.45, 2.75) is 26.3 Å². The predicted octanol–water partition coefficient (Wildman–Crippen LogP) is 2.62. The van der Waals surface area contributed by atoms with Crippen LogP contribution in [-0.2, 0) is 0 Å². The Kier molecular flexibility index (Phi) is 4.95. The lowest BCUT2D eigenvalue weighted by atomic mass is 10.1. The van der Waals surface area contributed by atoms with Crippen LogP contribution >= 0.6 is 0 Å². The van der Waals surface area contributed by atoms with Crippen LogP contribution in [-0.4, -0.2) is 44.0 Å². The third kappa shape index (κ3) is 3.70. The topological polar surface area (TPSA) is 38.8 Å². The Bertz CT molecular complexity index is 453. The number of ketones is 1. The third-order valence-electron chi connectivity index (χ3n) is 3.35. The van der Waals surface area contributed by atoms with E-state index in [4.69, 9.17) is 9.47 Å². The van der Waals surface area contributed by atoms with Crippen LogP contribution in [0.15, 0.2) is 18.2 Å². The first kappa shape index (κ1) is 15.5. The van der Waals surface area contributed by atoms with Crippen molar-refractivity contribution in [3.8, 4) is 11.5 Å². The largest absolute Gasteiger partial charge is 0.496 e. The molecule has 106 valence electrons. The molecule has 1 aromatic rings. The molecular weight excluding hydrogens is 242 g/mol. The summed E-state index contributed by atoms with van der Waals surface area (Å²) in [7, 11) is 5.55. The lowest BCUT2D eigenvalue weighted by molar-refractivity contribution is 0.0983. The van der Waals surface area contributed by atoms with Crippen LogP contribution in [0.3, 0.4) is 0 Å². The zero-order valence-corrected chi connectivity index (χ0v) is 12.6. The summed E-state index contributed by atoms with van der Waals surface area (Å²) >= 11 is 0. The maximum Gasteiger partial charge on any atom is 0.167 e. The van der Waals surface area contributed by atoms with Crippen LogP contribution in [0.25, 0.3) is 0 Å². The molecule has 0 heterocycles. The Labute approximate surface area is 115 Å². The molecule has 4 heteroatoms. The van der Waals surface area contributed by atoms with Gasteiger partial charge in [-0.3, -0.25) is 4.79 Å². The van der Waals surface area contributed by atoms with E-state index in [-0.39, 0.29) is 11.3 Å². The SMILES string of the molecule is COc1cccc(OCC(C)(C)N(C)C)c1C(C)=O. The Balaban J connectivity index is 2.99. The molecule has 1 aromatic carbocycles. The molecule has 0 aliphatic rings. The van der Waals surface area contributed by atoms with E-state index in [1.807, 2.05) is 20.2 Å². The summed E-state index contributed by atoms with van der Waals surface area (Å²) in [5.41, 5.74) is 0.386. The van der Waals surface area contributed by atoms with Gasteiger partial charge in [0.15, 0.2) is 5.78 Å². The summed E-state index contributed by atoms with van der Waals surface area (Å²) < 4.78 is 11.0. The molecular formula is C15H23NO3. The van der Waals surface area contributed by atoms with E-state index in [1.54, 1.807) is 19.2 Å². The molecule has 0 bridgehead atoms. The second-order valence-electron chi connectivity index (χ2n) is 5.39. The van der Waals surface area contributed by atoms with Gasteiger partial charge in [0.05, 0.1) is 7.11 Å². The minimum Gasteiger partial charge on any atom is -0.496 e. The van der Waals surface area contributed by atoms with Gasteiger partial charge in [0, 0.05) is 5.54 Å². The molecule has 4 nitrogen and oxygen atoms in total. The Morgan fingerprint density at radius 3 is 2.32 bits per heavy atom. The van der Waals surface area contributed by atoms with Crippen molar-refractivity contribution in [2.75, 3.05) is 27.8 Å². The number of likely N-dealkylation sites (N-methyl/N-ethyl adjacent to an activating group) is 1. The van der Waals surface area contributed by atoms with Gasteiger partial charge in [0.1, 0.15) is 23.7 Å². The molecule has 0 fully saturated rings. The minimum absolute atomic E-state index is 0.0601. The van der Waals surface area contributed by atoms with Crippen molar-refractivity contribution < 1.29 is 14.3 Å². The number of benzene rings is 1. The highest BCUT2D eigenvalue weighted by Gasteiger charge is 2.23. The first-order valence-corrected chi connectivity index (χ1v) is 6.27. The van der Waals surface area contributed by atoms with E-state index >= 15 is 0 Å². The van der Waals surface area contributed by atoms with Crippen molar-refractivity contribution in [1.82, 2.24) is 4.90 Å². The van der Waals surface area contributed by atoms with Gasteiger partial charge in [0.25, 0.3) is 0 Å². The molecule has 0 saturated heterocycles. The number of ether oxygens (including phenoxy) is 2. The van der Waals surface area contributed by atoms with Gasteiger partial charge in [0.2, 0.25) is 0 Å². The molecule has 0 amide bonds. The van der Waals surface area contributed by atoms with Crippen molar-refractivity contribution >= 4 is 5.78 Å². The number of nitrogens with zero attached hydrogens (tertiary/aromatic N) is 1. The number of rotatable bonds is 6. The Morgan fingerprint density at radius 1 is 1.26 bits per heavy atom. The molecule has 0 aromatic heterocycles. The van der Waals surface area contributed by atoms with Gasteiger partial charge in [-0.15, -0.1) is 0 Å². The normalized spacial score (nSPS) is 11.5. The smallest absolute Gasteiger partial charge is 0.167 e. The predicted molar refractivity (Wildman–Crippen MR) is 76.3 cm³/mol. The van der Waals surface area contributed by atoms with E-state index < -0.39 is 0 Å². The molecule has 19 heavy (non-hydrogen) atoms. The number of methoxy groups -OCH3 is 1. The summed E-state index contributed by atoms with van der Waals surface area (Å²) in [6, 6.07) is 5.38. The highest BCUT2D eigenvalue weighted by atomic mass is 16.5. The first-order chi connectivity index (χ1) is 8.79. The molecule has 0 unspecified atom stereocenters. The van der Waals surface area contributed by atoms with Gasteiger partial charge < -0.3 is 14.4 Å². The average molecular weight is 265 g/mol. The van der Waals surface area contributed by atoms with Crippen molar-refractivity contribution in [3.63, 3.8) is 0 Å². The molecule has 1 rings (SSSR count). The summed E-state index contributed by atoms with van der Waals surface area (Å²) in [5, 5.41) is 0. The van der Waals surface area contributed by atoms with Gasteiger partial charge in [-0.1, -0.05) is 6.07 Å². The molecule has 0 radical (unpaired) electrons. The van der Waals surface area contributed by atoms with Gasteiger partial charge >= 0.3 is 0 Å². The average Bonchev–Trinajstić information content (AvgIpc) is 2.35. The highest BCUT2D eigenvalue weighted by Crippen LogP contribution is 2.29. The quantitative estimate of drug-likeness (QED) is 0.741. The van der Waals surface area contributed by atoms with Crippen molar-refractivity contribution in [1.29, 1.82) is 0 Å². The molecule has 0 spiro atoms. The number of carbonyl (C=O) groups excluding carboxylic acids is 1. The summed E-state index contributed by atoms with van der Waals surface area (Å²) in [5.74, 6) is 1.06. The van der Waals surface area contributed by atoms with Gasteiger partial charge in [-0.25, -0.2) is 0 Å². The first-order valence-electron chi connectivity index (χ1n) is 6.27.